The first-order valence-corrected chi connectivity index (χ1v) is 7.03. The zero-order valence-electron chi connectivity index (χ0n) is 12.2. The Bertz CT molecular complexity index is 625. The van der Waals surface area contributed by atoms with Crippen molar-refractivity contribution in [3.8, 4) is 0 Å². The molecule has 0 aromatic heterocycles. The summed E-state index contributed by atoms with van der Waals surface area (Å²) in [5, 5.41) is 16.7. The minimum atomic E-state index is -0.912. The molecule has 2 rings (SSSR count). The number of hydrazone groups is 1. The lowest BCUT2D eigenvalue weighted by molar-refractivity contribution is -0.384. The second-order valence-electron chi connectivity index (χ2n) is 4.90. The van der Waals surface area contributed by atoms with Crippen molar-refractivity contribution in [2.24, 2.45) is 5.10 Å². The lowest BCUT2D eigenvalue weighted by Gasteiger charge is -2.09. The number of amides is 2. The highest BCUT2D eigenvalue weighted by Gasteiger charge is 2.18. The summed E-state index contributed by atoms with van der Waals surface area (Å²) in [6.45, 7) is 0.946. The van der Waals surface area contributed by atoms with Crippen LogP contribution in [0.1, 0.15) is 18.4 Å². The van der Waals surface area contributed by atoms with Gasteiger partial charge in [-0.3, -0.25) is 19.7 Å². The summed E-state index contributed by atoms with van der Waals surface area (Å²) in [6.07, 6.45) is 2.96. The smallest absolute Gasteiger partial charge is 0.329 e. The normalized spacial score (nSPS) is 17.1. The molecular weight excluding hydrogens is 304 g/mol. The quantitative estimate of drug-likeness (QED) is 0.350. The highest BCUT2D eigenvalue weighted by atomic mass is 16.6. The fraction of sp³-hybridized carbons (Fsp3) is 0.357. The van der Waals surface area contributed by atoms with Crippen LogP contribution in [-0.4, -0.2) is 42.2 Å². The predicted molar refractivity (Wildman–Crippen MR) is 80.8 cm³/mol. The first kappa shape index (κ1) is 16.6. The van der Waals surface area contributed by atoms with E-state index in [1.165, 1.54) is 24.4 Å². The number of carbonyl (C=O) groups is 2. The number of carbonyl (C=O) groups excluding carboxylic acids is 2. The Hall–Kier alpha value is -2.81. The molecule has 0 radical (unpaired) electrons. The zero-order chi connectivity index (χ0) is 16.7. The summed E-state index contributed by atoms with van der Waals surface area (Å²) in [5.74, 6) is -1.72. The molecule has 1 heterocycles. The van der Waals surface area contributed by atoms with Gasteiger partial charge >= 0.3 is 11.8 Å². The molecule has 1 saturated heterocycles. The van der Waals surface area contributed by atoms with Gasteiger partial charge in [-0.15, -0.1) is 0 Å². The molecule has 1 fully saturated rings. The first-order valence-electron chi connectivity index (χ1n) is 7.03. The van der Waals surface area contributed by atoms with Gasteiger partial charge in [0.2, 0.25) is 0 Å². The number of hydrogen-bond donors (Lipinski definition) is 2. The third-order valence-corrected chi connectivity index (χ3v) is 3.18. The third kappa shape index (κ3) is 5.15. The molecule has 9 nitrogen and oxygen atoms in total. The lowest BCUT2D eigenvalue weighted by atomic mass is 10.2. The third-order valence-electron chi connectivity index (χ3n) is 3.18. The number of rotatable bonds is 5. The molecular formula is C14H16N4O5. The van der Waals surface area contributed by atoms with Crippen LogP contribution in [0.3, 0.4) is 0 Å². The van der Waals surface area contributed by atoms with Crippen molar-refractivity contribution in [3.63, 3.8) is 0 Å². The number of nitro benzene ring substituents is 1. The molecule has 1 aromatic carbocycles. The van der Waals surface area contributed by atoms with E-state index in [-0.39, 0.29) is 18.3 Å². The van der Waals surface area contributed by atoms with E-state index in [2.05, 4.69) is 15.8 Å². The topological polar surface area (TPSA) is 123 Å². The molecule has 0 bridgehead atoms. The van der Waals surface area contributed by atoms with E-state index in [0.29, 0.717) is 12.2 Å². The number of ether oxygens (including phenoxy) is 1. The van der Waals surface area contributed by atoms with Crippen LogP contribution < -0.4 is 10.7 Å². The van der Waals surface area contributed by atoms with Gasteiger partial charge in [-0.25, -0.2) is 5.43 Å². The number of nitrogens with one attached hydrogen (secondary N) is 2. The van der Waals surface area contributed by atoms with Gasteiger partial charge in [0, 0.05) is 30.8 Å². The van der Waals surface area contributed by atoms with Crippen molar-refractivity contribution in [1.29, 1.82) is 0 Å². The molecule has 1 aliphatic heterocycles. The summed E-state index contributed by atoms with van der Waals surface area (Å²) in [6, 6.07) is 5.72. The van der Waals surface area contributed by atoms with E-state index in [1.807, 2.05) is 0 Å². The van der Waals surface area contributed by atoms with Crippen LogP contribution in [-0.2, 0) is 14.3 Å². The summed E-state index contributed by atoms with van der Waals surface area (Å²) >= 11 is 0. The standard InChI is InChI=1S/C14H16N4O5/c19-13(15-9-12-5-2-6-23-12)14(20)17-16-8-10-3-1-4-11(7-10)18(21)22/h1,3-4,7-8,12H,2,5-6,9H2,(H,15,19)(H,17,20)/t12-/m1/s1. The molecule has 23 heavy (non-hydrogen) atoms. The van der Waals surface area contributed by atoms with E-state index in [4.69, 9.17) is 4.74 Å². The van der Waals surface area contributed by atoms with Gasteiger partial charge < -0.3 is 10.1 Å². The van der Waals surface area contributed by atoms with Gasteiger partial charge in [0.15, 0.2) is 0 Å². The van der Waals surface area contributed by atoms with Crippen LogP contribution in [0.15, 0.2) is 29.4 Å². The van der Waals surface area contributed by atoms with Gasteiger partial charge in [-0.1, -0.05) is 12.1 Å². The maximum absolute atomic E-state index is 11.5. The molecule has 0 spiro atoms. The van der Waals surface area contributed by atoms with Crippen LogP contribution in [0.4, 0.5) is 5.69 Å². The highest BCUT2D eigenvalue weighted by Crippen LogP contribution is 2.11. The number of nitro groups is 1. The minimum absolute atomic E-state index is 0.0554. The van der Waals surface area contributed by atoms with Gasteiger partial charge in [0.05, 0.1) is 17.2 Å². The van der Waals surface area contributed by atoms with E-state index in [0.717, 1.165) is 12.8 Å². The molecule has 2 amide bonds. The van der Waals surface area contributed by atoms with Crippen molar-refractivity contribution < 1.29 is 19.2 Å². The lowest BCUT2D eigenvalue weighted by Crippen LogP contribution is -2.41. The number of hydrogen-bond acceptors (Lipinski definition) is 6. The SMILES string of the molecule is O=C(NC[C@H]1CCCO1)C(=O)NN=Cc1cccc([N+](=O)[O-])c1. The Kier molecular flexibility index (Phi) is 5.75. The van der Waals surface area contributed by atoms with Crippen molar-refractivity contribution in [2.45, 2.75) is 18.9 Å². The maximum atomic E-state index is 11.5. The van der Waals surface area contributed by atoms with Crippen molar-refractivity contribution in [3.05, 3.63) is 39.9 Å². The van der Waals surface area contributed by atoms with Crippen molar-refractivity contribution in [1.82, 2.24) is 10.7 Å². The Morgan fingerprint density at radius 1 is 1.43 bits per heavy atom. The minimum Gasteiger partial charge on any atom is -0.376 e. The van der Waals surface area contributed by atoms with E-state index < -0.39 is 16.7 Å². The Balaban J connectivity index is 1.79. The molecule has 9 heteroatoms. The molecule has 0 aliphatic carbocycles. The first-order chi connectivity index (χ1) is 11.1. The summed E-state index contributed by atoms with van der Waals surface area (Å²) in [7, 11) is 0. The molecule has 1 aromatic rings. The summed E-state index contributed by atoms with van der Waals surface area (Å²) in [5.41, 5.74) is 2.40. The van der Waals surface area contributed by atoms with E-state index in [1.54, 1.807) is 6.07 Å². The van der Waals surface area contributed by atoms with E-state index in [9.17, 15) is 19.7 Å². The summed E-state index contributed by atoms with van der Waals surface area (Å²) in [4.78, 5) is 33.2. The van der Waals surface area contributed by atoms with Crippen LogP contribution in [0.25, 0.3) is 0 Å². The Labute approximate surface area is 131 Å². The highest BCUT2D eigenvalue weighted by molar-refractivity contribution is 6.35. The maximum Gasteiger partial charge on any atom is 0.329 e. The largest absolute Gasteiger partial charge is 0.376 e. The van der Waals surface area contributed by atoms with Gasteiger partial charge in [0.25, 0.3) is 5.69 Å². The fourth-order valence-electron chi connectivity index (χ4n) is 2.03. The molecule has 2 N–H and O–H groups in total. The molecule has 0 unspecified atom stereocenters. The second kappa shape index (κ2) is 7.99. The Morgan fingerprint density at radius 3 is 2.96 bits per heavy atom. The summed E-state index contributed by atoms with van der Waals surface area (Å²) < 4.78 is 5.32. The average Bonchev–Trinajstić information content (AvgIpc) is 3.06. The van der Waals surface area contributed by atoms with Crippen molar-refractivity contribution >= 4 is 23.7 Å². The predicted octanol–water partition coefficient (Wildman–Crippen LogP) is 0.340. The Morgan fingerprint density at radius 2 is 2.26 bits per heavy atom. The molecule has 122 valence electrons. The van der Waals surface area contributed by atoms with Gasteiger partial charge in [-0.05, 0) is 12.8 Å². The van der Waals surface area contributed by atoms with Gasteiger partial charge in [-0.2, -0.15) is 5.10 Å². The second-order valence-corrected chi connectivity index (χ2v) is 4.90. The number of benzene rings is 1. The fourth-order valence-corrected chi connectivity index (χ4v) is 2.03. The van der Waals surface area contributed by atoms with Crippen LogP contribution in [0, 0.1) is 10.1 Å². The average molecular weight is 320 g/mol. The van der Waals surface area contributed by atoms with E-state index >= 15 is 0 Å². The van der Waals surface area contributed by atoms with Crippen LogP contribution in [0.2, 0.25) is 0 Å². The monoisotopic (exact) mass is 320 g/mol. The molecule has 1 atom stereocenters. The zero-order valence-corrected chi connectivity index (χ0v) is 12.2. The number of non-ortho nitro benzene ring substituents is 1. The molecule has 0 saturated carbocycles. The van der Waals surface area contributed by atoms with Gasteiger partial charge in [0.1, 0.15) is 0 Å². The van der Waals surface area contributed by atoms with Crippen molar-refractivity contribution in [2.75, 3.05) is 13.2 Å². The number of nitrogens with zero attached hydrogens (tertiary/aromatic N) is 2. The molecule has 1 aliphatic rings. The van der Waals surface area contributed by atoms with Crippen LogP contribution in [0.5, 0.6) is 0 Å². The van der Waals surface area contributed by atoms with Crippen LogP contribution >= 0.6 is 0 Å².